The summed E-state index contributed by atoms with van der Waals surface area (Å²) in [6, 6.07) is 11.7. The number of aryl methyl sites for hydroxylation is 1. The molecule has 0 bridgehead atoms. The number of anilines is 1. The summed E-state index contributed by atoms with van der Waals surface area (Å²) in [5.41, 5.74) is 1.45. The zero-order valence-electron chi connectivity index (χ0n) is 28.2. The number of ether oxygens (including phenoxy) is 3. The molecule has 49 heavy (non-hydrogen) atoms. The van der Waals surface area contributed by atoms with E-state index in [1.54, 1.807) is 47.6 Å². The van der Waals surface area contributed by atoms with Crippen LogP contribution < -0.4 is 10.1 Å². The summed E-state index contributed by atoms with van der Waals surface area (Å²) >= 11 is 0. The van der Waals surface area contributed by atoms with Crippen LogP contribution >= 0.6 is 0 Å². The fraction of sp³-hybridized carbons (Fsp3) is 0.444. The standard InChI is InChI=1S/C36H42FN5O6S/c1-23-11-12-26-27(13-14-30(37)29(26)22-49(44,45)21-25-9-7-19-46-25)32(23)47-33-28(10-5-16-38-33)31-15-17-39-34(41-31)40-24-8-6-18-42(20-24)35(43)48-36(2,3)4/h5,10-17,24-25H,6-9,18-22H2,1-4H3,(H,39,40,41)/t24-,25?/m0/s1. The van der Waals surface area contributed by atoms with Crippen molar-refractivity contribution in [2.24, 2.45) is 0 Å². The normalized spacial score (nSPS) is 18.4. The van der Waals surface area contributed by atoms with Gasteiger partial charge in [-0.1, -0.05) is 12.1 Å². The molecule has 4 heterocycles. The summed E-state index contributed by atoms with van der Waals surface area (Å²) in [6.07, 6.45) is 5.70. The minimum Gasteiger partial charge on any atom is -0.444 e. The molecule has 2 fully saturated rings. The number of hydrogen-bond acceptors (Lipinski definition) is 10. The number of nitrogens with zero attached hydrogens (tertiary/aromatic N) is 4. The molecule has 1 amide bonds. The Kier molecular flexibility index (Phi) is 10.0. The van der Waals surface area contributed by atoms with Gasteiger partial charge in [-0.2, -0.15) is 0 Å². The van der Waals surface area contributed by atoms with Crippen LogP contribution in [-0.4, -0.2) is 77.6 Å². The topological polar surface area (TPSA) is 133 Å². The van der Waals surface area contributed by atoms with Crippen molar-refractivity contribution >= 4 is 32.7 Å². The maximum absolute atomic E-state index is 15.2. The lowest BCUT2D eigenvalue weighted by Gasteiger charge is -2.34. The Hall–Kier alpha value is -4.36. The second-order valence-corrected chi connectivity index (χ2v) is 15.8. The molecule has 4 aromatic rings. The number of piperidine rings is 1. The van der Waals surface area contributed by atoms with Gasteiger partial charge in [0.1, 0.15) is 17.2 Å². The molecule has 13 heteroatoms. The van der Waals surface area contributed by atoms with Crippen LogP contribution in [-0.2, 0) is 25.1 Å². The van der Waals surface area contributed by atoms with Gasteiger partial charge in [0.25, 0.3) is 0 Å². The average Bonchev–Trinajstić information content (AvgIpc) is 3.55. The fourth-order valence-electron chi connectivity index (χ4n) is 6.25. The zero-order valence-corrected chi connectivity index (χ0v) is 29.1. The van der Waals surface area contributed by atoms with Crippen LogP contribution in [0.5, 0.6) is 11.6 Å². The summed E-state index contributed by atoms with van der Waals surface area (Å²) in [4.78, 5) is 28.1. The van der Waals surface area contributed by atoms with E-state index in [0.29, 0.717) is 59.8 Å². The molecule has 2 aromatic heterocycles. The molecule has 2 aliphatic rings. The lowest BCUT2D eigenvalue weighted by molar-refractivity contribution is 0.0206. The number of fused-ring (bicyclic) bond motifs is 1. The Balaban J connectivity index is 1.25. The van der Waals surface area contributed by atoms with Crippen molar-refractivity contribution in [3.8, 4) is 22.9 Å². The van der Waals surface area contributed by atoms with Gasteiger partial charge in [0.15, 0.2) is 9.84 Å². The molecule has 2 aliphatic heterocycles. The molecular formula is C36H42FN5O6S. The molecule has 260 valence electrons. The number of amides is 1. The van der Waals surface area contributed by atoms with Gasteiger partial charge in [-0.05, 0) is 94.7 Å². The fourth-order valence-corrected chi connectivity index (χ4v) is 7.94. The smallest absolute Gasteiger partial charge is 0.410 e. The number of carbonyl (C=O) groups excluding carboxylic acids is 1. The predicted octanol–water partition coefficient (Wildman–Crippen LogP) is 6.84. The number of carbonyl (C=O) groups is 1. The van der Waals surface area contributed by atoms with Gasteiger partial charge < -0.3 is 24.4 Å². The van der Waals surface area contributed by atoms with E-state index in [0.717, 1.165) is 24.8 Å². The number of sulfone groups is 1. The summed E-state index contributed by atoms with van der Waals surface area (Å²) in [5.74, 6) is -0.0755. The highest BCUT2D eigenvalue weighted by Gasteiger charge is 2.29. The van der Waals surface area contributed by atoms with Crippen molar-refractivity contribution in [2.75, 3.05) is 30.8 Å². The van der Waals surface area contributed by atoms with E-state index >= 15 is 4.39 Å². The first kappa shape index (κ1) is 34.5. The van der Waals surface area contributed by atoms with Crippen molar-refractivity contribution in [1.82, 2.24) is 19.9 Å². The zero-order chi connectivity index (χ0) is 34.8. The quantitative estimate of drug-likeness (QED) is 0.199. The van der Waals surface area contributed by atoms with Crippen LogP contribution in [0.1, 0.15) is 57.6 Å². The molecule has 2 aromatic carbocycles. The molecule has 0 radical (unpaired) electrons. The largest absolute Gasteiger partial charge is 0.444 e. The average molecular weight is 692 g/mol. The highest BCUT2D eigenvalue weighted by Crippen LogP contribution is 2.38. The third-order valence-corrected chi connectivity index (χ3v) is 10.1. The van der Waals surface area contributed by atoms with Gasteiger partial charge in [-0.25, -0.2) is 32.6 Å². The van der Waals surface area contributed by atoms with E-state index < -0.39 is 27.0 Å². The lowest BCUT2D eigenvalue weighted by atomic mass is 10.0. The molecule has 2 saturated heterocycles. The Bertz CT molecular complexity index is 1940. The van der Waals surface area contributed by atoms with Crippen LogP contribution in [0.3, 0.4) is 0 Å². The molecule has 0 saturated carbocycles. The molecule has 1 N–H and O–H groups in total. The van der Waals surface area contributed by atoms with Crippen molar-refractivity contribution in [3.05, 3.63) is 71.8 Å². The predicted molar refractivity (Wildman–Crippen MR) is 185 cm³/mol. The second kappa shape index (κ2) is 14.2. The summed E-state index contributed by atoms with van der Waals surface area (Å²) in [6.45, 7) is 9.03. The number of aromatic nitrogens is 3. The van der Waals surface area contributed by atoms with E-state index in [9.17, 15) is 13.2 Å². The van der Waals surface area contributed by atoms with Crippen molar-refractivity contribution in [2.45, 2.75) is 76.9 Å². The lowest BCUT2D eigenvalue weighted by Crippen LogP contribution is -2.47. The number of benzene rings is 2. The van der Waals surface area contributed by atoms with Gasteiger partial charge in [-0.3, -0.25) is 0 Å². The van der Waals surface area contributed by atoms with Crippen molar-refractivity contribution in [1.29, 1.82) is 0 Å². The molecule has 11 nitrogen and oxygen atoms in total. The summed E-state index contributed by atoms with van der Waals surface area (Å²) in [7, 11) is -3.65. The van der Waals surface area contributed by atoms with Crippen LogP contribution in [0.25, 0.3) is 22.0 Å². The number of likely N-dealkylation sites (tertiary alicyclic amines) is 1. The summed E-state index contributed by atoms with van der Waals surface area (Å²) < 4.78 is 59.0. The monoisotopic (exact) mass is 691 g/mol. The number of hydrogen-bond donors (Lipinski definition) is 1. The first-order valence-electron chi connectivity index (χ1n) is 16.6. The minimum absolute atomic E-state index is 0.0661. The Morgan fingerprint density at radius 2 is 1.88 bits per heavy atom. The van der Waals surface area contributed by atoms with Gasteiger partial charge in [0.05, 0.1) is 28.9 Å². The number of halogens is 1. The molecule has 2 atom stereocenters. The van der Waals surface area contributed by atoms with E-state index in [1.807, 2.05) is 33.8 Å². The third-order valence-electron chi connectivity index (χ3n) is 8.54. The van der Waals surface area contributed by atoms with Crippen molar-refractivity contribution < 1.29 is 31.8 Å². The van der Waals surface area contributed by atoms with Crippen LogP contribution in [0.4, 0.5) is 15.1 Å². The van der Waals surface area contributed by atoms with E-state index in [-0.39, 0.29) is 35.4 Å². The second-order valence-electron chi connectivity index (χ2n) is 13.7. The van der Waals surface area contributed by atoms with E-state index in [1.165, 1.54) is 6.07 Å². The molecule has 6 rings (SSSR count). The Labute approximate surface area is 286 Å². The Morgan fingerprint density at radius 1 is 1.06 bits per heavy atom. The van der Waals surface area contributed by atoms with Gasteiger partial charge in [-0.15, -0.1) is 0 Å². The minimum atomic E-state index is -3.65. The highest BCUT2D eigenvalue weighted by molar-refractivity contribution is 7.90. The van der Waals surface area contributed by atoms with Crippen LogP contribution in [0.2, 0.25) is 0 Å². The number of nitrogens with one attached hydrogen (secondary N) is 1. The van der Waals surface area contributed by atoms with Crippen molar-refractivity contribution in [3.63, 3.8) is 0 Å². The van der Waals surface area contributed by atoms with Gasteiger partial charge in [0.2, 0.25) is 11.8 Å². The SMILES string of the molecule is Cc1ccc2c(CS(=O)(=O)CC3CCCO3)c(F)ccc2c1Oc1ncccc1-c1ccnc(N[C@H]2CCCN(C(=O)OC(C)(C)C)C2)n1. The van der Waals surface area contributed by atoms with Gasteiger partial charge in [0, 0.05) is 49.1 Å². The number of pyridine rings is 1. The van der Waals surface area contributed by atoms with E-state index in [4.69, 9.17) is 19.2 Å². The summed E-state index contributed by atoms with van der Waals surface area (Å²) in [5, 5.41) is 4.39. The maximum Gasteiger partial charge on any atom is 0.410 e. The van der Waals surface area contributed by atoms with Crippen LogP contribution in [0.15, 0.2) is 54.9 Å². The molecule has 0 aliphatic carbocycles. The highest BCUT2D eigenvalue weighted by atomic mass is 32.2. The first-order valence-corrected chi connectivity index (χ1v) is 18.4. The van der Waals surface area contributed by atoms with Crippen LogP contribution in [0, 0.1) is 12.7 Å². The molecule has 0 spiro atoms. The van der Waals surface area contributed by atoms with Gasteiger partial charge >= 0.3 is 6.09 Å². The Morgan fingerprint density at radius 3 is 2.65 bits per heavy atom. The maximum atomic E-state index is 15.2. The first-order chi connectivity index (χ1) is 23.3. The number of rotatable bonds is 9. The van der Waals surface area contributed by atoms with E-state index in [2.05, 4.69) is 15.3 Å². The third kappa shape index (κ3) is 8.45. The molecule has 1 unspecified atom stereocenters. The molecular weight excluding hydrogens is 649 g/mol.